The normalized spacial score (nSPS) is 12.2. The van der Waals surface area contributed by atoms with Crippen LogP contribution in [0.3, 0.4) is 0 Å². The van der Waals surface area contributed by atoms with E-state index in [1.807, 2.05) is 0 Å². The van der Waals surface area contributed by atoms with E-state index in [1.54, 1.807) is 7.11 Å². The zero-order valence-electron chi connectivity index (χ0n) is 11.1. The molecule has 0 bridgehead atoms. The molecule has 1 atom stereocenters. The Bertz CT molecular complexity index is 368. The minimum Gasteiger partial charge on any atom is -0.479 e. The number of nitrogens with one attached hydrogen (secondary N) is 1. The molecule has 3 N–H and O–H groups in total. The average Bonchev–Trinajstić information content (AvgIpc) is 2.33. The van der Waals surface area contributed by atoms with Crippen LogP contribution in [0.25, 0.3) is 0 Å². The van der Waals surface area contributed by atoms with Crippen LogP contribution in [0.15, 0.2) is 0 Å². The Morgan fingerprint density at radius 2 is 2.06 bits per heavy atom. The molecule has 0 saturated heterocycles. The lowest BCUT2D eigenvalue weighted by molar-refractivity contribution is 0.397. The van der Waals surface area contributed by atoms with Crippen molar-refractivity contribution in [2.24, 2.45) is 0 Å². The second kappa shape index (κ2) is 6.27. The summed E-state index contributed by atoms with van der Waals surface area (Å²) in [4.78, 5) is 8.71. The highest BCUT2D eigenvalue weighted by atomic mass is 16.5. The third-order valence-electron chi connectivity index (χ3n) is 2.62. The van der Waals surface area contributed by atoms with Crippen molar-refractivity contribution in [1.82, 2.24) is 9.97 Å². The number of nitrogen functional groups attached to an aromatic ring is 1. The van der Waals surface area contributed by atoms with Crippen LogP contribution in [0.5, 0.6) is 5.88 Å². The van der Waals surface area contributed by atoms with E-state index in [0.717, 1.165) is 25.1 Å². The van der Waals surface area contributed by atoms with Gasteiger partial charge in [0.15, 0.2) is 5.82 Å². The van der Waals surface area contributed by atoms with Crippen LogP contribution in [-0.2, 0) is 6.42 Å². The Morgan fingerprint density at radius 3 is 2.59 bits per heavy atom. The van der Waals surface area contributed by atoms with Gasteiger partial charge in [0.05, 0.1) is 7.11 Å². The summed E-state index contributed by atoms with van der Waals surface area (Å²) in [6, 6.07) is 0.325. The van der Waals surface area contributed by atoms with Crippen molar-refractivity contribution in [3.8, 4) is 5.88 Å². The highest BCUT2D eigenvalue weighted by molar-refractivity contribution is 5.67. The smallest absolute Gasteiger partial charge is 0.242 e. The number of methoxy groups -OCH3 is 1. The fourth-order valence-electron chi connectivity index (χ4n) is 1.43. The first-order valence-corrected chi connectivity index (χ1v) is 6.09. The maximum Gasteiger partial charge on any atom is 0.242 e. The second-order valence-corrected chi connectivity index (χ2v) is 4.12. The molecule has 5 nitrogen and oxygen atoms in total. The largest absolute Gasteiger partial charge is 0.479 e. The first-order chi connectivity index (χ1) is 8.12. The predicted octanol–water partition coefficient (Wildman–Crippen LogP) is 2.23. The number of hydrogen-bond donors (Lipinski definition) is 2. The summed E-state index contributed by atoms with van der Waals surface area (Å²) in [5.41, 5.74) is 6.43. The molecule has 0 aliphatic heterocycles. The van der Waals surface area contributed by atoms with Gasteiger partial charge >= 0.3 is 0 Å². The lowest BCUT2D eigenvalue weighted by atomic mass is 10.2. The number of hydrogen-bond acceptors (Lipinski definition) is 5. The summed E-state index contributed by atoms with van der Waals surface area (Å²) in [6.45, 7) is 6.29. The van der Waals surface area contributed by atoms with Crippen molar-refractivity contribution in [2.75, 3.05) is 18.2 Å². The monoisotopic (exact) mass is 238 g/mol. The number of aryl methyl sites for hydroxylation is 1. The zero-order valence-corrected chi connectivity index (χ0v) is 11.1. The molecule has 0 saturated carbocycles. The molecule has 1 aromatic heterocycles. The zero-order chi connectivity index (χ0) is 12.8. The molecule has 17 heavy (non-hydrogen) atoms. The van der Waals surface area contributed by atoms with Crippen molar-refractivity contribution in [1.29, 1.82) is 0 Å². The number of nitrogens with zero attached hydrogens (tertiary/aromatic N) is 2. The Kier molecular flexibility index (Phi) is 5.00. The van der Waals surface area contributed by atoms with Gasteiger partial charge in [0, 0.05) is 12.5 Å². The van der Waals surface area contributed by atoms with E-state index in [1.165, 1.54) is 0 Å². The fraction of sp³-hybridized carbons (Fsp3) is 0.667. The molecule has 1 aromatic rings. The van der Waals surface area contributed by atoms with Gasteiger partial charge in [-0.25, -0.2) is 4.98 Å². The summed E-state index contributed by atoms with van der Waals surface area (Å²) < 4.78 is 5.17. The van der Waals surface area contributed by atoms with Gasteiger partial charge in [-0.05, 0) is 19.8 Å². The molecular formula is C12H22N4O. The Balaban J connectivity index is 3.04. The standard InChI is InChI=1S/C12H22N4O/c1-5-7-9-15-11(14-8(3)6-2)10(13)12(16-9)17-4/h8H,5-7,13H2,1-4H3,(H,14,15,16). The Labute approximate surface area is 103 Å². The minimum absolute atomic E-state index is 0.325. The molecule has 0 spiro atoms. The molecule has 0 aliphatic rings. The van der Waals surface area contributed by atoms with Crippen molar-refractivity contribution < 1.29 is 4.74 Å². The van der Waals surface area contributed by atoms with Crippen molar-refractivity contribution in [3.63, 3.8) is 0 Å². The minimum atomic E-state index is 0.325. The van der Waals surface area contributed by atoms with E-state index in [9.17, 15) is 0 Å². The quantitative estimate of drug-likeness (QED) is 0.795. The van der Waals surface area contributed by atoms with Crippen LogP contribution in [-0.4, -0.2) is 23.1 Å². The first-order valence-electron chi connectivity index (χ1n) is 6.09. The summed E-state index contributed by atoms with van der Waals surface area (Å²) in [6.07, 6.45) is 2.83. The van der Waals surface area contributed by atoms with E-state index in [-0.39, 0.29) is 0 Å². The number of nitrogens with two attached hydrogens (primary N) is 1. The molecule has 0 radical (unpaired) electrons. The Morgan fingerprint density at radius 1 is 1.35 bits per heavy atom. The molecular weight excluding hydrogens is 216 g/mol. The van der Waals surface area contributed by atoms with Crippen LogP contribution >= 0.6 is 0 Å². The molecule has 0 fully saturated rings. The molecule has 1 heterocycles. The van der Waals surface area contributed by atoms with Gasteiger partial charge in [-0.2, -0.15) is 4.98 Å². The summed E-state index contributed by atoms with van der Waals surface area (Å²) in [5.74, 6) is 1.90. The highest BCUT2D eigenvalue weighted by Gasteiger charge is 2.13. The van der Waals surface area contributed by atoms with Crippen LogP contribution in [0.1, 0.15) is 39.4 Å². The number of ether oxygens (including phenoxy) is 1. The van der Waals surface area contributed by atoms with E-state index >= 15 is 0 Å². The molecule has 96 valence electrons. The maximum atomic E-state index is 5.95. The topological polar surface area (TPSA) is 73.1 Å². The SMILES string of the molecule is CCCc1nc(NC(C)CC)c(N)c(OC)n1. The first kappa shape index (κ1) is 13.5. The predicted molar refractivity (Wildman–Crippen MR) is 70.4 cm³/mol. The number of rotatable bonds is 6. The van der Waals surface area contributed by atoms with Crippen molar-refractivity contribution >= 4 is 11.5 Å². The van der Waals surface area contributed by atoms with Gasteiger partial charge in [0.25, 0.3) is 0 Å². The molecule has 0 aliphatic carbocycles. The summed E-state index contributed by atoms with van der Waals surface area (Å²) in [5, 5.41) is 3.28. The third kappa shape index (κ3) is 3.47. The van der Waals surface area contributed by atoms with Gasteiger partial charge in [0.2, 0.25) is 5.88 Å². The van der Waals surface area contributed by atoms with Crippen LogP contribution in [0.4, 0.5) is 11.5 Å². The van der Waals surface area contributed by atoms with Gasteiger partial charge in [0.1, 0.15) is 11.5 Å². The van der Waals surface area contributed by atoms with E-state index < -0.39 is 0 Å². The lowest BCUT2D eigenvalue weighted by Crippen LogP contribution is -2.17. The Hall–Kier alpha value is -1.52. The summed E-state index contributed by atoms with van der Waals surface area (Å²) >= 11 is 0. The number of aromatic nitrogens is 2. The number of anilines is 2. The maximum absolute atomic E-state index is 5.95. The van der Waals surface area contributed by atoms with Gasteiger partial charge in [-0.1, -0.05) is 13.8 Å². The fourth-order valence-corrected chi connectivity index (χ4v) is 1.43. The molecule has 1 rings (SSSR count). The highest BCUT2D eigenvalue weighted by Crippen LogP contribution is 2.26. The summed E-state index contributed by atoms with van der Waals surface area (Å²) in [7, 11) is 1.57. The van der Waals surface area contributed by atoms with E-state index in [2.05, 4.69) is 36.1 Å². The van der Waals surface area contributed by atoms with E-state index in [4.69, 9.17) is 10.5 Å². The molecule has 0 aromatic carbocycles. The average molecular weight is 238 g/mol. The molecule has 1 unspecified atom stereocenters. The van der Waals surface area contributed by atoms with Gasteiger partial charge < -0.3 is 15.8 Å². The van der Waals surface area contributed by atoms with Crippen molar-refractivity contribution in [3.05, 3.63) is 5.82 Å². The van der Waals surface area contributed by atoms with Crippen LogP contribution in [0, 0.1) is 0 Å². The molecule has 5 heteroatoms. The van der Waals surface area contributed by atoms with Crippen LogP contribution < -0.4 is 15.8 Å². The van der Waals surface area contributed by atoms with Crippen LogP contribution in [0.2, 0.25) is 0 Å². The van der Waals surface area contributed by atoms with Gasteiger partial charge in [-0.3, -0.25) is 0 Å². The van der Waals surface area contributed by atoms with E-state index in [0.29, 0.717) is 23.4 Å². The third-order valence-corrected chi connectivity index (χ3v) is 2.62. The lowest BCUT2D eigenvalue weighted by Gasteiger charge is -2.16. The van der Waals surface area contributed by atoms with Gasteiger partial charge in [-0.15, -0.1) is 0 Å². The van der Waals surface area contributed by atoms with Crippen molar-refractivity contribution in [2.45, 2.75) is 46.1 Å². The second-order valence-electron chi connectivity index (χ2n) is 4.12. The molecule has 0 amide bonds.